The highest BCUT2D eigenvalue weighted by Crippen LogP contribution is 2.42. The van der Waals surface area contributed by atoms with Crippen molar-refractivity contribution in [2.45, 2.75) is 43.9 Å². The fourth-order valence-corrected chi connectivity index (χ4v) is 6.03. The molecule has 0 amide bonds. The van der Waals surface area contributed by atoms with Crippen molar-refractivity contribution in [3.63, 3.8) is 0 Å². The van der Waals surface area contributed by atoms with E-state index in [-0.39, 0.29) is 5.92 Å². The van der Waals surface area contributed by atoms with E-state index in [2.05, 4.69) is 102 Å². The summed E-state index contributed by atoms with van der Waals surface area (Å²) in [5.74, 6) is 0.836. The molecule has 5 rings (SSSR count). The second-order valence-electron chi connectivity index (χ2n) is 10.0. The third-order valence-electron chi connectivity index (χ3n) is 8.03. The van der Waals surface area contributed by atoms with Gasteiger partial charge in [-0.3, -0.25) is 4.90 Å². The molecule has 0 aliphatic carbocycles. The van der Waals surface area contributed by atoms with Crippen molar-refractivity contribution in [3.05, 3.63) is 108 Å². The number of aliphatic hydroxyl groups is 1. The molecule has 0 saturated carbocycles. The van der Waals surface area contributed by atoms with E-state index in [0.717, 1.165) is 31.7 Å². The molecule has 172 valence electrons. The lowest BCUT2D eigenvalue weighted by molar-refractivity contribution is -0.0118. The molecule has 0 bridgehead atoms. The Morgan fingerprint density at radius 1 is 0.818 bits per heavy atom. The smallest absolute Gasteiger partial charge is 0.108 e. The van der Waals surface area contributed by atoms with E-state index < -0.39 is 5.60 Å². The normalized spacial score (nSPS) is 27.1. The van der Waals surface area contributed by atoms with Crippen LogP contribution in [0.15, 0.2) is 91.0 Å². The molecule has 2 fully saturated rings. The van der Waals surface area contributed by atoms with Crippen LogP contribution in [-0.4, -0.2) is 47.1 Å². The Labute approximate surface area is 198 Å². The summed E-state index contributed by atoms with van der Waals surface area (Å²) in [5.41, 5.74) is 3.01. The van der Waals surface area contributed by atoms with Gasteiger partial charge in [-0.2, -0.15) is 0 Å². The van der Waals surface area contributed by atoms with Gasteiger partial charge in [-0.15, -0.1) is 0 Å². The van der Waals surface area contributed by atoms with Crippen LogP contribution >= 0.6 is 0 Å². The zero-order valence-electron chi connectivity index (χ0n) is 19.7. The molecule has 2 aliphatic heterocycles. The summed E-state index contributed by atoms with van der Waals surface area (Å²) in [5, 5.41) is 12.1. The van der Waals surface area contributed by atoms with E-state index in [0.29, 0.717) is 18.5 Å². The predicted molar refractivity (Wildman–Crippen MR) is 135 cm³/mol. The van der Waals surface area contributed by atoms with Gasteiger partial charge in [0.1, 0.15) is 5.60 Å². The minimum absolute atomic E-state index is 0.178. The van der Waals surface area contributed by atoms with Crippen molar-refractivity contribution in [2.24, 2.45) is 5.92 Å². The number of likely N-dealkylation sites (tertiary alicyclic amines) is 2. The van der Waals surface area contributed by atoms with Gasteiger partial charge in [-0.25, -0.2) is 0 Å². The molecule has 1 unspecified atom stereocenters. The minimum Gasteiger partial charge on any atom is -0.383 e. The van der Waals surface area contributed by atoms with Gasteiger partial charge in [0.05, 0.1) is 0 Å². The maximum absolute atomic E-state index is 12.1. The Hall–Kier alpha value is -2.46. The van der Waals surface area contributed by atoms with Gasteiger partial charge < -0.3 is 10.0 Å². The molecule has 0 aromatic heterocycles. The maximum Gasteiger partial charge on any atom is 0.108 e. The highest BCUT2D eigenvalue weighted by atomic mass is 16.3. The van der Waals surface area contributed by atoms with Crippen molar-refractivity contribution in [1.29, 1.82) is 0 Å². The van der Waals surface area contributed by atoms with Gasteiger partial charge in [-0.1, -0.05) is 91.0 Å². The van der Waals surface area contributed by atoms with Crippen LogP contribution in [-0.2, 0) is 12.1 Å². The third-order valence-corrected chi connectivity index (χ3v) is 8.03. The van der Waals surface area contributed by atoms with Crippen molar-refractivity contribution in [3.8, 4) is 0 Å². The lowest BCUT2D eigenvalue weighted by Gasteiger charge is -2.38. The molecule has 3 aromatic rings. The van der Waals surface area contributed by atoms with Crippen LogP contribution in [0.1, 0.15) is 42.4 Å². The Kier molecular flexibility index (Phi) is 6.64. The summed E-state index contributed by atoms with van der Waals surface area (Å²) in [6.07, 6.45) is 2.39. The fourth-order valence-electron chi connectivity index (χ4n) is 6.03. The lowest BCUT2D eigenvalue weighted by atomic mass is 9.80. The van der Waals surface area contributed by atoms with Crippen molar-refractivity contribution < 1.29 is 5.11 Å². The number of benzene rings is 3. The molecule has 3 heteroatoms. The van der Waals surface area contributed by atoms with Gasteiger partial charge in [0.15, 0.2) is 0 Å². The molecule has 2 aliphatic rings. The first-order valence-corrected chi connectivity index (χ1v) is 12.5. The van der Waals surface area contributed by atoms with Crippen LogP contribution in [0, 0.1) is 5.92 Å². The molecular weight excluding hydrogens is 404 g/mol. The van der Waals surface area contributed by atoms with E-state index in [1.54, 1.807) is 0 Å². The number of β-amino-alcohol motifs (C(OH)–C–C–N with tert-alkyl or cyclic N) is 1. The molecule has 3 aromatic carbocycles. The van der Waals surface area contributed by atoms with Gasteiger partial charge >= 0.3 is 0 Å². The van der Waals surface area contributed by atoms with E-state index in [1.165, 1.54) is 24.0 Å². The quantitative estimate of drug-likeness (QED) is 0.565. The number of hydrogen-bond donors (Lipinski definition) is 1. The Balaban J connectivity index is 1.32. The van der Waals surface area contributed by atoms with Crippen molar-refractivity contribution in [2.75, 3.05) is 26.2 Å². The molecule has 33 heavy (non-hydrogen) atoms. The zero-order chi connectivity index (χ0) is 22.7. The predicted octanol–water partition coefficient (Wildman–Crippen LogP) is 5.27. The summed E-state index contributed by atoms with van der Waals surface area (Å²) in [4.78, 5) is 5.07. The van der Waals surface area contributed by atoms with Crippen LogP contribution in [0.3, 0.4) is 0 Å². The Morgan fingerprint density at radius 3 is 2.03 bits per heavy atom. The van der Waals surface area contributed by atoms with E-state index in [9.17, 15) is 5.11 Å². The molecule has 3 atom stereocenters. The van der Waals surface area contributed by atoms with Gasteiger partial charge in [0.2, 0.25) is 0 Å². The second kappa shape index (κ2) is 9.80. The lowest BCUT2D eigenvalue weighted by Crippen LogP contribution is -2.45. The highest BCUT2D eigenvalue weighted by Gasteiger charge is 2.51. The summed E-state index contributed by atoms with van der Waals surface area (Å²) < 4.78 is 0. The first-order chi connectivity index (χ1) is 16.1. The van der Waals surface area contributed by atoms with Gasteiger partial charge in [0.25, 0.3) is 0 Å². The SMILES string of the molecule is C[C@@H]1[C@H](CN2CCC(c3ccccc3)CC2)C(O)(c2ccccc2)CN1Cc1ccccc1. The number of nitrogens with zero attached hydrogens (tertiary/aromatic N) is 2. The first-order valence-electron chi connectivity index (χ1n) is 12.5. The van der Waals surface area contributed by atoms with Crippen molar-refractivity contribution in [1.82, 2.24) is 9.80 Å². The van der Waals surface area contributed by atoms with Crippen LogP contribution in [0.2, 0.25) is 0 Å². The summed E-state index contributed by atoms with van der Waals surface area (Å²) in [7, 11) is 0. The third kappa shape index (κ3) is 4.77. The molecule has 0 spiro atoms. The molecule has 1 N–H and O–H groups in total. The number of hydrogen-bond acceptors (Lipinski definition) is 3. The van der Waals surface area contributed by atoms with Crippen LogP contribution in [0.4, 0.5) is 0 Å². The number of rotatable bonds is 6. The zero-order valence-corrected chi connectivity index (χ0v) is 19.7. The topological polar surface area (TPSA) is 26.7 Å². The van der Waals surface area contributed by atoms with Gasteiger partial charge in [0, 0.05) is 31.6 Å². The van der Waals surface area contributed by atoms with E-state index >= 15 is 0 Å². The minimum atomic E-state index is -0.828. The largest absolute Gasteiger partial charge is 0.383 e. The highest BCUT2D eigenvalue weighted by molar-refractivity contribution is 5.28. The maximum atomic E-state index is 12.1. The van der Waals surface area contributed by atoms with E-state index in [4.69, 9.17) is 0 Å². The van der Waals surface area contributed by atoms with Crippen molar-refractivity contribution >= 4 is 0 Å². The Morgan fingerprint density at radius 2 is 1.39 bits per heavy atom. The fraction of sp³-hybridized carbons (Fsp3) is 0.400. The summed E-state index contributed by atoms with van der Waals surface area (Å²) in [6.45, 7) is 7.02. The monoisotopic (exact) mass is 440 g/mol. The molecule has 3 nitrogen and oxygen atoms in total. The standard InChI is InChI=1S/C30H36N2O/c1-24-29(22-31-19-17-27(18-20-31)26-13-7-3-8-14-26)30(33,28-15-9-4-10-16-28)23-32(24)21-25-11-5-2-6-12-25/h2-16,24,27,29,33H,17-23H2,1H3/t24-,29+,30?/m1/s1. The Bertz CT molecular complexity index is 1000. The number of piperidine rings is 1. The van der Waals surface area contributed by atoms with Crippen LogP contribution in [0.25, 0.3) is 0 Å². The van der Waals surface area contributed by atoms with Crippen LogP contribution in [0.5, 0.6) is 0 Å². The molecule has 0 radical (unpaired) electrons. The second-order valence-corrected chi connectivity index (χ2v) is 10.0. The van der Waals surface area contributed by atoms with Crippen LogP contribution < -0.4 is 0 Å². The molecular formula is C30H36N2O. The summed E-state index contributed by atoms with van der Waals surface area (Å²) >= 11 is 0. The summed E-state index contributed by atoms with van der Waals surface area (Å²) in [6, 6.07) is 32.3. The van der Waals surface area contributed by atoms with Gasteiger partial charge in [-0.05, 0) is 55.5 Å². The molecule has 2 heterocycles. The average Bonchev–Trinajstić information content (AvgIpc) is 3.11. The average molecular weight is 441 g/mol. The molecule has 2 saturated heterocycles. The van der Waals surface area contributed by atoms with E-state index in [1.807, 2.05) is 6.07 Å². The first kappa shape index (κ1) is 22.3.